The first-order valence-electron chi connectivity index (χ1n) is 8.98. The van der Waals surface area contributed by atoms with Gasteiger partial charge in [0.25, 0.3) is 0 Å². The molecule has 5 nitrogen and oxygen atoms in total. The predicted octanol–water partition coefficient (Wildman–Crippen LogP) is 3.64. The number of methoxy groups -OCH3 is 1. The first-order chi connectivity index (χ1) is 12.7. The summed E-state index contributed by atoms with van der Waals surface area (Å²) in [7, 11) is 1.35. The van der Waals surface area contributed by atoms with E-state index in [2.05, 4.69) is 21.0 Å². The van der Waals surface area contributed by atoms with Crippen LogP contribution in [0.3, 0.4) is 0 Å². The van der Waals surface area contributed by atoms with Gasteiger partial charge in [0.15, 0.2) is 0 Å². The monoisotopic (exact) mass is 352 g/mol. The van der Waals surface area contributed by atoms with Gasteiger partial charge >= 0.3 is 5.97 Å². The Hall–Kier alpha value is -2.82. The number of carbonyl (C=O) groups is 2. The molecule has 26 heavy (non-hydrogen) atoms. The number of nitrogens with one attached hydrogen (secondary N) is 1. The van der Waals surface area contributed by atoms with Gasteiger partial charge in [-0.25, -0.2) is 4.79 Å². The highest BCUT2D eigenvalue weighted by Crippen LogP contribution is 2.28. The van der Waals surface area contributed by atoms with Gasteiger partial charge in [0.1, 0.15) is 0 Å². The van der Waals surface area contributed by atoms with Crippen molar-refractivity contribution in [1.29, 1.82) is 0 Å². The quantitative estimate of drug-likeness (QED) is 0.835. The molecular formula is C21H24N2O3. The molecule has 3 rings (SSSR count). The van der Waals surface area contributed by atoms with Crippen molar-refractivity contribution in [2.45, 2.75) is 25.7 Å². The number of rotatable bonds is 5. The molecule has 1 fully saturated rings. The lowest BCUT2D eigenvalue weighted by Crippen LogP contribution is -2.30. The summed E-state index contributed by atoms with van der Waals surface area (Å²) >= 11 is 0. The molecule has 0 unspecified atom stereocenters. The van der Waals surface area contributed by atoms with Gasteiger partial charge in [-0.1, -0.05) is 24.3 Å². The van der Waals surface area contributed by atoms with Gasteiger partial charge in [0.2, 0.25) is 5.91 Å². The number of esters is 1. The minimum atomic E-state index is -0.378. The van der Waals surface area contributed by atoms with Crippen molar-refractivity contribution in [3.8, 4) is 0 Å². The topological polar surface area (TPSA) is 58.6 Å². The van der Waals surface area contributed by atoms with Crippen molar-refractivity contribution < 1.29 is 14.3 Å². The van der Waals surface area contributed by atoms with Crippen molar-refractivity contribution in [1.82, 2.24) is 0 Å². The summed E-state index contributed by atoms with van der Waals surface area (Å²) in [5.74, 6) is -0.447. The van der Waals surface area contributed by atoms with E-state index >= 15 is 0 Å². The van der Waals surface area contributed by atoms with Crippen LogP contribution in [0.4, 0.5) is 11.4 Å². The number of anilines is 2. The number of benzene rings is 2. The number of para-hydroxylation sites is 2. The Morgan fingerprint density at radius 2 is 1.69 bits per heavy atom. The maximum atomic E-state index is 12.5. The summed E-state index contributed by atoms with van der Waals surface area (Å²) in [6, 6.07) is 14.9. The molecule has 1 amide bonds. The molecule has 0 aromatic heterocycles. The first kappa shape index (κ1) is 18.0. The van der Waals surface area contributed by atoms with E-state index in [1.807, 2.05) is 18.2 Å². The summed E-state index contributed by atoms with van der Waals surface area (Å²) in [6.45, 7) is 2.06. The van der Waals surface area contributed by atoms with E-state index in [-0.39, 0.29) is 18.3 Å². The van der Waals surface area contributed by atoms with Crippen molar-refractivity contribution in [3.05, 3.63) is 59.7 Å². The van der Waals surface area contributed by atoms with E-state index in [4.69, 9.17) is 0 Å². The van der Waals surface area contributed by atoms with Gasteiger partial charge in [-0.2, -0.15) is 0 Å². The van der Waals surface area contributed by atoms with Crippen molar-refractivity contribution in [2.75, 3.05) is 30.4 Å². The number of amides is 1. The molecule has 1 heterocycles. The Kier molecular flexibility index (Phi) is 5.89. The summed E-state index contributed by atoms with van der Waals surface area (Å²) in [4.78, 5) is 26.3. The van der Waals surface area contributed by atoms with E-state index in [1.54, 1.807) is 24.3 Å². The number of piperidine rings is 1. The standard InChI is InChI=1S/C21H24N2O3/c1-26-21(25)17-11-9-16(10-12-17)15-20(24)22-18-7-3-4-8-19(18)23-13-5-2-6-14-23/h3-4,7-12H,2,5-6,13-15H2,1H3,(H,22,24). The number of carbonyl (C=O) groups excluding carboxylic acids is 2. The van der Waals surface area contributed by atoms with Crippen LogP contribution in [0.5, 0.6) is 0 Å². The Bertz CT molecular complexity index is 765. The molecule has 0 saturated carbocycles. The van der Waals surface area contributed by atoms with Gasteiger partial charge in [-0.3, -0.25) is 4.79 Å². The summed E-state index contributed by atoms with van der Waals surface area (Å²) in [5.41, 5.74) is 3.27. The smallest absolute Gasteiger partial charge is 0.337 e. The van der Waals surface area contributed by atoms with Crippen LogP contribution >= 0.6 is 0 Å². The average Bonchev–Trinajstić information content (AvgIpc) is 2.69. The predicted molar refractivity (Wildman–Crippen MR) is 103 cm³/mol. The maximum Gasteiger partial charge on any atom is 0.337 e. The second kappa shape index (κ2) is 8.52. The van der Waals surface area contributed by atoms with Gasteiger partial charge in [-0.15, -0.1) is 0 Å². The van der Waals surface area contributed by atoms with Crippen LogP contribution in [-0.2, 0) is 16.0 Å². The second-order valence-corrected chi connectivity index (χ2v) is 6.48. The van der Waals surface area contributed by atoms with Crippen LogP contribution in [0.2, 0.25) is 0 Å². The zero-order valence-corrected chi connectivity index (χ0v) is 15.0. The highest BCUT2D eigenvalue weighted by Gasteiger charge is 2.15. The second-order valence-electron chi connectivity index (χ2n) is 6.48. The fourth-order valence-corrected chi connectivity index (χ4v) is 3.25. The lowest BCUT2D eigenvalue weighted by Gasteiger charge is -2.30. The number of hydrogen-bond acceptors (Lipinski definition) is 4. The Morgan fingerprint density at radius 1 is 1.00 bits per heavy atom. The van der Waals surface area contributed by atoms with Crippen LogP contribution in [0, 0.1) is 0 Å². The number of ether oxygens (including phenoxy) is 1. The summed E-state index contributed by atoms with van der Waals surface area (Å²) in [6.07, 6.45) is 3.91. The van der Waals surface area contributed by atoms with Gasteiger partial charge < -0.3 is 15.0 Å². The minimum Gasteiger partial charge on any atom is -0.465 e. The number of nitrogens with zero attached hydrogens (tertiary/aromatic N) is 1. The third kappa shape index (κ3) is 4.42. The molecule has 136 valence electrons. The molecule has 1 saturated heterocycles. The first-order valence-corrected chi connectivity index (χ1v) is 8.98. The van der Waals surface area contributed by atoms with E-state index in [9.17, 15) is 9.59 Å². The molecule has 2 aromatic carbocycles. The van der Waals surface area contributed by atoms with Gasteiger partial charge in [-0.05, 0) is 49.1 Å². The van der Waals surface area contributed by atoms with Crippen LogP contribution in [0.15, 0.2) is 48.5 Å². The fraction of sp³-hybridized carbons (Fsp3) is 0.333. The molecule has 1 N–H and O–H groups in total. The molecule has 0 spiro atoms. The van der Waals surface area contributed by atoms with Crippen molar-refractivity contribution in [2.24, 2.45) is 0 Å². The third-order valence-corrected chi connectivity index (χ3v) is 4.61. The van der Waals surface area contributed by atoms with Crippen molar-refractivity contribution >= 4 is 23.3 Å². The molecule has 0 radical (unpaired) electrons. The largest absolute Gasteiger partial charge is 0.465 e. The third-order valence-electron chi connectivity index (χ3n) is 4.61. The molecule has 1 aliphatic rings. The maximum absolute atomic E-state index is 12.5. The lowest BCUT2D eigenvalue weighted by atomic mass is 10.1. The zero-order chi connectivity index (χ0) is 18.4. The van der Waals surface area contributed by atoms with E-state index in [1.165, 1.54) is 26.4 Å². The fourth-order valence-electron chi connectivity index (χ4n) is 3.25. The minimum absolute atomic E-state index is 0.0692. The van der Waals surface area contributed by atoms with Crippen LogP contribution in [0.1, 0.15) is 35.2 Å². The van der Waals surface area contributed by atoms with E-state index in [0.29, 0.717) is 5.56 Å². The molecule has 0 aliphatic carbocycles. The van der Waals surface area contributed by atoms with Gasteiger partial charge in [0, 0.05) is 13.1 Å². The molecule has 2 aromatic rings. The van der Waals surface area contributed by atoms with Gasteiger partial charge in [0.05, 0.1) is 30.5 Å². The summed E-state index contributed by atoms with van der Waals surface area (Å²) in [5, 5.41) is 3.03. The van der Waals surface area contributed by atoms with Crippen LogP contribution in [0.25, 0.3) is 0 Å². The van der Waals surface area contributed by atoms with E-state index in [0.717, 1.165) is 30.0 Å². The Morgan fingerprint density at radius 3 is 2.38 bits per heavy atom. The molecule has 0 atom stereocenters. The molecule has 0 bridgehead atoms. The Balaban J connectivity index is 1.66. The molecular weight excluding hydrogens is 328 g/mol. The zero-order valence-electron chi connectivity index (χ0n) is 15.0. The lowest BCUT2D eigenvalue weighted by molar-refractivity contribution is -0.115. The van der Waals surface area contributed by atoms with E-state index < -0.39 is 0 Å². The average molecular weight is 352 g/mol. The molecule has 1 aliphatic heterocycles. The Labute approximate surface area is 154 Å². The molecule has 5 heteroatoms. The highest BCUT2D eigenvalue weighted by molar-refractivity contribution is 5.96. The van der Waals surface area contributed by atoms with Crippen LogP contribution < -0.4 is 10.2 Å². The number of hydrogen-bond donors (Lipinski definition) is 1. The SMILES string of the molecule is COC(=O)c1ccc(CC(=O)Nc2ccccc2N2CCCCC2)cc1. The highest BCUT2D eigenvalue weighted by atomic mass is 16.5. The van der Waals surface area contributed by atoms with Crippen LogP contribution in [-0.4, -0.2) is 32.1 Å². The normalized spacial score (nSPS) is 14.0. The summed E-state index contributed by atoms with van der Waals surface area (Å²) < 4.78 is 4.68. The van der Waals surface area contributed by atoms with Crippen molar-refractivity contribution in [3.63, 3.8) is 0 Å².